The van der Waals surface area contributed by atoms with E-state index in [2.05, 4.69) is 0 Å². The molecule has 0 radical (unpaired) electrons. The Morgan fingerprint density at radius 1 is 1.32 bits per heavy atom. The highest BCUT2D eigenvalue weighted by Gasteiger charge is 2.55. The molecule has 108 valence electrons. The highest BCUT2D eigenvalue weighted by molar-refractivity contribution is 7.91. The zero-order chi connectivity index (χ0) is 14.3. The lowest BCUT2D eigenvalue weighted by atomic mass is 9.92. The summed E-state index contributed by atoms with van der Waals surface area (Å²) >= 11 is 1.01. The van der Waals surface area contributed by atoms with Gasteiger partial charge in [-0.3, -0.25) is 0 Å². The van der Waals surface area contributed by atoms with Crippen LogP contribution in [0.1, 0.15) is 12.8 Å². The number of hydrogen-bond acceptors (Lipinski definition) is 4. The standard InChI is InChI=1S/C10H12F3NO3S2/c11-10(12,13)9(15)3-5-14(6-4-9)19(16,17)8-2-1-7-18-8/h1-2,7,15H,3-6H2. The largest absolute Gasteiger partial charge is 0.417 e. The maximum absolute atomic E-state index is 12.6. The summed E-state index contributed by atoms with van der Waals surface area (Å²) in [5.74, 6) is 0. The Morgan fingerprint density at radius 3 is 2.32 bits per heavy atom. The summed E-state index contributed by atoms with van der Waals surface area (Å²) in [4.78, 5) is 0. The third kappa shape index (κ3) is 2.64. The Hall–Kier alpha value is -0.640. The fourth-order valence-electron chi connectivity index (χ4n) is 1.92. The molecule has 9 heteroatoms. The molecule has 0 aliphatic carbocycles. The van der Waals surface area contributed by atoms with Gasteiger partial charge in [-0.25, -0.2) is 8.42 Å². The normalized spacial score (nSPS) is 21.5. The van der Waals surface area contributed by atoms with Gasteiger partial charge in [0.25, 0.3) is 10.0 Å². The molecule has 1 fully saturated rings. The highest BCUT2D eigenvalue weighted by Crippen LogP contribution is 2.39. The summed E-state index contributed by atoms with van der Waals surface area (Å²) in [6.45, 7) is -0.674. The van der Waals surface area contributed by atoms with Crippen LogP contribution in [0.2, 0.25) is 0 Å². The van der Waals surface area contributed by atoms with E-state index in [-0.39, 0.29) is 17.3 Å². The summed E-state index contributed by atoms with van der Waals surface area (Å²) in [6.07, 6.45) is -6.01. The van der Waals surface area contributed by atoms with E-state index in [1.165, 1.54) is 6.07 Å². The first-order valence-electron chi connectivity index (χ1n) is 5.50. The van der Waals surface area contributed by atoms with Gasteiger partial charge in [0.2, 0.25) is 0 Å². The second-order valence-electron chi connectivity index (χ2n) is 4.37. The second kappa shape index (κ2) is 4.72. The lowest BCUT2D eigenvalue weighted by molar-refractivity contribution is -0.270. The van der Waals surface area contributed by atoms with Crippen LogP contribution in [0.15, 0.2) is 21.7 Å². The van der Waals surface area contributed by atoms with Gasteiger partial charge in [-0.15, -0.1) is 11.3 Å². The minimum Gasteiger partial charge on any atom is -0.380 e. The minimum absolute atomic E-state index is 0.102. The van der Waals surface area contributed by atoms with Crippen molar-refractivity contribution in [2.24, 2.45) is 0 Å². The fraction of sp³-hybridized carbons (Fsp3) is 0.600. The molecule has 0 spiro atoms. The Labute approximate surface area is 112 Å². The van der Waals surface area contributed by atoms with E-state index in [1.54, 1.807) is 11.4 Å². The first-order chi connectivity index (χ1) is 8.67. The topological polar surface area (TPSA) is 57.6 Å². The number of piperidine rings is 1. The Balaban J connectivity index is 2.13. The predicted octanol–water partition coefficient (Wildman–Crippen LogP) is 1.83. The molecule has 1 saturated heterocycles. The molecule has 1 N–H and O–H groups in total. The smallest absolute Gasteiger partial charge is 0.380 e. The maximum atomic E-state index is 12.6. The minimum atomic E-state index is -4.73. The van der Waals surface area contributed by atoms with Crippen LogP contribution in [0.5, 0.6) is 0 Å². The van der Waals surface area contributed by atoms with E-state index in [1.807, 2.05) is 0 Å². The third-order valence-corrected chi connectivity index (χ3v) is 6.44. The van der Waals surface area contributed by atoms with Crippen LogP contribution in [0, 0.1) is 0 Å². The van der Waals surface area contributed by atoms with Gasteiger partial charge in [-0.1, -0.05) is 6.07 Å². The number of nitrogens with zero attached hydrogens (tertiary/aromatic N) is 1. The lowest BCUT2D eigenvalue weighted by Gasteiger charge is -2.38. The number of alkyl halides is 3. The van der Waals surface area contributed by atoms with Gasteiger partial charge in [0.15, 0.2) is 5.60 Å². The monoisotopic (exact) mass is 315 g/mol. The van der Waals surface area contributed by atoms with Crippen molar-refractivity contribution in [2.45, 2.75) is 28.8 Å². The van der Waals surface area contributed by atoms with Crippen LogP contribution < -0.4 is 0 Å². The number of sulfonamides is 1. The van der Waals surface area contributed by atoms with Crippen molar-refractivity contribution in [1.82, 2.24) is 4.31 Å². The second-order valence-corrected chi connectivity index (χ2v) is 7.48. The molecular weight excluding hydrogens is 303 g/mol. The van der Waals surface area contributed by atoms with Crippen LogP contribution in [0.4, 0.5) is 13.2 Å². The van der Waals surface area contributed by atoms with Crippen molar-refractivity contribution < 1.29 is 26.7 Å². The van der Waals surface area contributed by atoms with Gasteiger partial charge < -0.3 is 5.11 Å². The van der Waals surface area contributed by atoms with Crippen molar-refractivity contribution in [1.29, 1.82) is 0 Å². The molecule has 0 atom stereocenters. The predicted molar refractivity (Wildman–Crippen MR) is 63.3 cm³/mol. The molecule has 0 saturated carbocycles. The average Bonchev–Trinajstić information content (AvgIpc) is 2.82. The van der Waals surface area contributed by atoms with E-state index < -0.39 is 34.6 Å². The van der Waals surface area contributed by atoms with Crippen molar-refractivity contribution >= 4 is 21.4 Å². The SMILES string of the molecule is O=S(=O)(c1cccs1)N1CCC(O)(C(F)(F)F)CC1. The van der Waals surface area contributed by atoms with Gasteiger partial charge >= 0.3 is 6.18 Å². The number of thiophene rings is 1. The molecule has 19 heavy (non-hydrogen) atoms. The van der Waals surface area contributed by atoms with Crippen LogP contribution in [-0.2, 0) is 10.0 Å². The molecule has 1 aliphatic rings. The number of halogens is 3. The molecule has 1 aromatic heterocycles. The lowest BCUT2D eigenvalue weighted by Crippen LogP contribution is -2.54. The highest BCUT2D eigenvalue weighted by atomic mass is 32.2. The molecule has 0 bridgehead atoms. The quantitative estimate of drug-likeness (QED) is 0.906. The molecule has 1 aliphatic heterocycles. The van der Waals surface area contributed by atoms with Crippen LogP contribution >= 0.6 is 11.3 Å². The molecule has 0 unspecified atom stereocenters. The van der Waals surface area contributed by atoms with E-state index >= 15 is 0 Å². The van der Waals surface area contributed by atoms with E-state index in [9.17, 15) is 26.7 Å². The fourth-order valence-corrected chi connectivity index (χ4v) is 4.50. The van der Waals surface area contributed by atoms with Gasteiger partial charge in [0, 0.05) is 13.1 Å². The van der Waals surface area contributed by atoms with Gasteiger partial charge in [-0.05, 0) is 24.3 Å². The van der Waals surface area contributed by atoms with E-state index in [4.69, 9.17) is 0 Å². The van der Waals surface area contributed by atoms with Crippen molar-refractivity contribution in [2.75, 3.05) is 13.1 Å². The first-order valence-corrected chi connectivity index (χ1v) is 7.82. The Kier molecular flexibility index (Phi) is 3.67. The summed E-state index contributed by atoms with van der Waals surface area (Å²) < 4.78 is 63.1. The van der Waals surface area contributed by atoms with Crippen LogP contribution in [-0.4, -0.2) is 42.7 Å². The van der Waals surface area contributed by atoms with Crippen molar-refractivity contribution in [3.63, 3.8) is 0 Å². The zero-order valence-electron chi connectivity index (χ0n) is 9.72. The molecule has 2 rings (SSSR count). The molecule has 2 heterocycles. The van der Waals surface area contributed by atoms with Crippen LogP contribution in [0.25, 0.3) is 0 Å². The average molecular weight is 315 g/mol. The Morgan fingerprint density at radius 2 is 1.89 bits per heavy atom. The summed E-state index contributed by atoms with van der Waals surface area (Å²) in [5.41, 5.74) is -2.78. The number of aliphatic hydroxyl groups is 1. The molecule has 0 amide bonds. The van der Waals surface area contributed by atoms with Gasteiger partial charge in [0.1, 0.15) is 4.21 Å². The summed E-state index contributed by atoms with van der Waals surface area (Å²) in [6, 6.07) is 2.97. The van der Waals surface area contributed by atoms with E-state index in [0.29, 0.717) is 0 Å². The maximum Gasteiger partial charge on any atom is 0.417 e. The summed E-state index contributed by atoms with van der Waals surface area (Å²) in [7, 11) is -3.74. The van der Waals surface area contributed by atoms with Gasteiger partial charge in [0.05, 0.1) is 0 Å². The van der Waals surface area contributed by atoms with Gasteiger partial charge in [-0.2, -0.15) is 17.5 Å². The third-order valence-electron chi connectivity index (χ3n) is 3.17. The molecule has 4 nitrogen and oxygen atoms in total. The molecular formula is C10H12F3NO3S2. The zero-order valence-corrected chi connectivity index (χ0v) is 11.4. The van der Waals surface area contributed by atoms with E-state index in [0.717, 1.165) is 15.6 Å². The summed E-state index contributed by atoms with van der Waals surface area (Å²) in [5, 5.41) is 11.1. The molecule has 0 aromatic carbocycles. The van der Waals surface area contributed by atoms with Crippen molar-refractivity contribution in [3.05, 3.63) is 17.5 Å². The number of rotatable bonds is 2. The molecule has 1 aromatic rings. The van der Waals surface area contributed by atoms with Crippen molar-refractivity contribution in [3.8, 4) is 0 Å². The first kappa shape index (κ1) is 14.8. The Bertz CT molecular complexity index is 531. The number of hydrogen-bond donors (Lipinski definition) is 1. The van der Waals surface area contributed by atoms with Crippen LogP contribution in [0.3, 0.4) is 0 Å².